The maximum Gasteiger partial charge on any atom is 0.0647 e. The van der Waals surface area contributed by atoms with Crippen LogP contribution in [0.15, 0.2) is 29.8 Å². The number of rotatable bonds is 3. The van der Waals surface area contributed by atoms with E-state index in [0.717, 1.165) is 16.2 Å². The second-order valence-electron chi connectivity index (χ2n) is 3.70. The van der Waals surface area contributed by atoms with Crippen LogP contribution in [-0.2, 0) is 0 Å². The molecule has 1 aromatic rings. The summed E-state index contributed by atoms with van der Waals surface area (Å²) in [5.74, 6) is 0.621. The lowest BCUT2D eigenvalue weighted by molar-refractivity contribution is 0.326. The Kier molecular flexibility index (Phi) is 2.90. The molecule has 0 aromatic heterocycles. The lowest BCUT2D eigenvalue weighted by atomic mass is 10.1. The number of benzene rings is 1. The smallest absolute Gasteiger partial charge is 0.0647 e. The fraction of sp³-hybridized carbons (Fsp3) is 0.333. The van der Waals surface area contributed by atoms with Crippen molar-refractivity contribution in [3.8, 4) is 0 Å². The van der Waals surface area contributed by atoms with Crippen molar-refractivity contribution in [1.82, 2.24) is 0 Å². The molecule has 0 unspecified atom stereocenters. The Morgan fingerprint density at radius 1 is 1.36 bits per heavy atom. The van der Waals surface area contributed by atoms with Crippen LogP contribution in [-0.4, -0.2) is 11.7 Å². The van der Waals surface area contributed by atoms with Crippen LogP contribution in [0.4, 0.5) is 0 Å². The first-order valence-corrected chi connectivity index (χ1v) is 5.24. The van der Waals surface area contributed by atoms with Gasteiger partial charge in [0.05, 0.1) is 6.61 Å². The summed E-state index contributed by atoms with van der Waals surface area (Å²) in [5, 5.41) is 9.91. The van der Waals surface area contributed by atoms with E-state index in [2.05, 4.69) is 6.08 Å². The van der Waals surface area contributed by atoms with Crippen molar-refractivity contribution in [2.75, 3.05) is 6.61 Å². The van der Waals surface area contributed by atoms with E-state index in [-0.39, 0.29) is 6.61 Å². The minimum atomic E-state index is 0.174. The summed E-state index contributed by atoms with van der Waals surface area (Å²) in [6, 6.07) is 7.69. The summed E-state index contributed by atoms with van der Waals surface area (Å²) < 4.78 is 0. The molecule has 74 valence electrons. The standard InChI is InChI=1S/C12H13ClO/c13-12-5-1-9(2-6-12)7-11(8-14)10-3-4-10/h1-2,5-7,10,14H,3-4,8H2/b11-7+. The molecule has 0 saturated heterocycles. The number of hydrogen-bond donors (Lipinski definition) is 1. The molecule has 0 atom stereocenters. The van der Waals surface area contributed by atoms with Crippen molar-refractivity contribution >= 4 is 17.7 Å². The summed E-state index contributed by atoms with van der Waals surface area (Å²) in [5.41, 5.74) is 2.26. The van der Waals surface area contributed by atoms with Gasteiger partial charge >= 0.3 is 0 Å². The highest BCUT2D eigenvalue weighted by atomic mass is 35.5. The zero-order chi connectivity index (χ0) is 9.97. The van der Waals surface area contributed by atoms with Gasteiger partial charge in [0.2, 0.25) is 0 Å². The Hall–Kier alpha value is -0.790. The molecule has 1 aliphatic rings. The molecular formula is C12H13ClO. The van der Waals surface area contributed by atoms with Crippen LogP contribution in [0.5, 0.6) is 0 Å². The average molecular weight is 209 g/mol. The zero-order valence-electron chi connectivity index (χ0n) is 7.91. The molecule has 0 aliphatic heterocycles. The van der Waals surface area contributed by atoms with E-state index in [1.165, 1.54) is 12.8 Å². The van der Waals surface area contributed by atoms with E-state index in [0.29, 0.717) is 5.92 Å². The first-order chi connectivity index (χ1) is 6.79. The van der Waals surface area contributed by atoms with Gasteiger partial charge < -0.3 is 5.11 Å². The molecule has 1 N–H and O–H groups in total. The third kappa shape index (κ3) is 2.37. The molecule has 0 radical (unpaired) electrons. The molecule has 1 nitrogen and oxygen atoms in total. The quantitative estimate of drug-likeness (QED) is 0.809. The maximum absolute atomic E-state index is 9.16. The number of aliphatic hydroxyl groups is 1. The van der Waals surface area contributed by atoms with Gasteiger partial charge in [-0.2, -0.15) is 0 Å². The van der Waals surface area contributed by atoms with E-state index in [1.54, 1.807) is 0 Å². The molecule has 2 rings (SSSR count). The molecule has 2 heteroatoms. The minimum absolute atomic E-state index is 0.174. The highest BCUT2D eigenvalue weighted by Crippen LogP contribution is 2.37. The fourth-order valence-electron chi connectivity index (χ4n) is 1.52. The third-order valence-electron chi connectivity index (χ3n) is 2.51. The van der Waals surface area contributed by atoms with Crippen molar-refractivity contribution in [2.45, 2.75) is 12.8 Å². The summed E-state index contributed by atoms with van der Waals surface area (Å²) in [4.78, 5) is 0. The average Bonchev–Trinajstić information content (AvgIpc) is 3.01. The van der Waals surface area contributed by atoms with Crippen molar-refractivity contribution in [3.63, 3.8) is 0 Å². The van der Waals surface area contributed by atoms with Gasteiger partial charge in [-0.1, -0.05) is 29.8 Å². The van der Waals surface area contributed by atoms with Crippen LogP contribution in [0.1, 0.15) is 18.4 Å². The third-order valence-corrected chi connectivity index (χ3v) is 2.76. The zero-order valence-corrected chi connectivity index (χ0v) is 8.67. The van der Waals surface area contributed by atoms with Crippen molar-refractivity contribution in [3.05, 3.63) is 40.4 Å². The van der Waals surface area contributed by atoms with Crippen molar-refractivity contribution in [1.29, 1.82) is 0 Å². The molecule has 1 aliphatic carbocycles. The molecule has 1 aromatic carbocycles. The number of hydrogen-bond acceptors (Lipinski definition) is 1. The second kappa shape index (κ2) is 4.16. The Morgan fingerprint density at radius 2 is 2.00 bits per heavy atom. The summed E-state index contributed by atoms with van der Waals surface area (Å²) in [7, 11) is 0. The molecule has 1 saturated carbocycles. The van der Waals surface area contributed by atoms with Crippen molar-refractivity contribution in [2.24, 2.45) is 5.92 Å². The Morgan fingerprint density at radius 3 is 2.50 bits per heavy atom. The van der Waals surface area contributed by atoms with E-state index < -0.39 is 0 Å². The predicted molar refractivity (Wildman–Crippen MR) is 59.2 cm³/mol. The van der Waals surface area contributed by atoms with E-state index in [9.17, 15) is 0 Å². The fourth-order valence-corrected chi connectivity index (χ4v) is 1.65. The molecular weight excluding hydrogens is 196 g/mol. The van der Waals surface area contributed by atoms with Gasteiger partial charge in [-0.3, -0.25) is 0 Å². The van der Waals surface area contributed by atoms with E-state index in [1.807, 2.05) is 24.3 Å². The molecule has 0 spiro atoms. The lowest BCUT2D eigenvalue weighted by Gasteiger charge is -2.01. The summed E-state index contributed by atoms with van der Waals surface area (Å²) in [6.45, 7) is 0.174. The van der Waals surface area contributed by atoms with Crippen LogP contribution in [0.25, 0.3) is 6.08 Å². The highest BCUT2D eigenvalue weighted by Gasteiger charge is 2.24. The SMILES string of the molecule is OC/C(=C\c1ccc(Cl)cc1)C1CC1. The monoisotopic (exact) mass is 208 g/mol. The van der Waals surface area contributed by atoms with Gasteiger partial charge in [-0.25, -0.2) is 0 Å². The topological polar surface area (TPSA) is 20.2 Å². The predicted octanol–water partition coefficient (Wildman–Crippen LogP) is 3.13. The normalized spacial score (nSPS) is 17.1. The number of halogens is 1. The minimum Gasteiger partial charge on any atom is -0.392 e. The van der Waals surface area contributed by atoms with Gasteiger partial charge in [0.15, 0.2) is 0 Å². The van der Waals surface area contributed by atoms with Gasteiger partial charge in [-0.15, -0.1) is 0 Å². The van der Waals surface area contributed by atoms with E-state index in [4.69, 9.17) is 16.7 Å². The van der Waals surface area contributed by atoms with E-state index >= 15 is 0 Å². The molecule has 0 heterocycles. The Labute approximate surface area is 89.0 Å². The van der Waals surface area contributed by atoms with Gasteiger partial charge in [-0.05, 0) is 42.0 Å². The molecule has 0 amide bonds. The Bertz CT molecular complexity index is 336. The summed E-state index contributed by atoms with van der Waals surface area (Å²) in [6.07, 6.45) is 4.51. The van der Waals surface area contributed by atoms with Gasteiger partial charge in [0.25, 0.3) is 0 Å². The van der Waals surface area contributed by atoms with Crippen LogP contribution in [0.2, 0.25) is 5.02 Å². The first kappa shape index (κ1) is 9.75. The summed E-state index contributed by atoms with van der Waals surface area (Å²) >= 11 is 5.79. The lowest BCUT2D eigenvalue weighted by Crippen LogP contribution is -1.92. The molecule has 14 heavy (non-hydrogen) atoms. The largest absolute Gasteiger partial charge is 0.392 e. The van der Waals surface area contributed by atoms with Gasteiger partial charge in [0.1, 0.15) is 0 Å². The van der Waals surface area contributed by atoms with Crippen LogP contribution in [0, 0.1) is 5.92 Å². The highest BCUT2D eigenvalue weighted by molar-refractivity contribution is 6.30. The van der Waals surface area contributed by atoms with Crippen LogP contribution < -0.4 is 0 Å². The first-order valence-electron chi connectivity index (χ1n) is 4.86. The van der Waals surface area contributed by atoms with Crippen LogP contribution >= 0.6 is 11.6 Å². The van der Waals surface area contributed by atoms with Crippen molar-refractivity contribution < 1.29 is 5.11 Å². The number of aliphatic hydroxyl groups excluding tert-OH is 1. The Balaban J connectivity index is 2.17. The maximum atomic E-state index is 9.16. The van der Waals surface area contributed by atoms with Crippen LogP contribution in [0.3, 0.4) is 0 Å². The molecule has 1 fully saturated rings. The molecule has 0 bridgehead atoms. The van der Waals surface area contributed by atoms with Gasteiger partial charge in [0, 0.05) is 5.02 Å². The second-order valence-corrected chi connectivity index (χ2v) is 4.14.